The second-order valence-electron chi connectivity index (χ2n) is 4.36. The Bertz CT molecular complexity index is 711. The van der Waals surface area contributed by atoms with Crippen LogP contribution < -0.4 is 5.14 Å². The molecule has 0 aliphatic heterocycles. The topological polar surface area (TPSA) is 60.2 Å². The van der Waals surface area contributed by atoms with Gasteiger partial charge < -0.3 is 0 Å². The average molecular weight is 340 g/mol. The van der Waals surface area contributed by atoms with Crippen molar-refractivity contribution in [1.29, 1.82) is 0 Å². The Labute approximate surface area is 121 Å². The first kappa shape index (κ1) is 14.2. The fourth-order valence-electron chi connectivity index (χ4n) is 1.96. The Balaban J connectivity index is 2.52. The van der Waals surface area contributed by atoms with Gasteiger partial charge in [-0.1, -0.05) is 46.3 Å². The molecule has 0 unspecified atom stereocenters. The third-order valence-electron chi connectivity index (χ3n) is 2.92. The lowest BCUT2D eigenvalue weighted by Gasteiger charge is -2.09. The molecule has 0 amide bonds. The summed E-state index contributed by atoms with van der Waals surface area (Å²) in [5, 5.41) is 5.91. The maximum absolute atomic E-state index is 11.3. The van der Waals surface area contributed by atoms with Gasteiger partial charge in [0.25, 0.3) is 0 Å². The Morgan fingerprint density at radius 2 is 1.89 bits per heavy atom. The van der Waals surface area contributed by atoms with Crippen molar-refractivity contribution in [3.63, 3.8) is 0 Å². The van der Waals surface area contributed by atoms with Crippen molar-refractivity contribution in [3.8, 4) is 11.1 Å². The lowest BCUT2D eigenvalue weighted by molar-refractivity contribution is 0.597. The van der Waals surface area contributed by atoms with Crippen molar-refractivity contribution < 1.29 is 8.42 Å². The first-order valence-electron chi connectivity index (χ1n) is 5.70. The second kappa shape index (κ2) is 5.45. The van der Waals surface area contributed by atoms with Gasteiger partial charge in [0.2, 0.25) is 10.0 Å². The molecule has 0 bridgehead atoms. The quantitative estimate of drug-likeness (QED) is 0.873. The van der Waals surface area contributed by atoms with E-state index in [0.29, 0.717) is 0 Å². The van der Waals surface area contributed by atoms with Gasteiger partial charge >= 0.3 is 0 Å². The first-order chi connectivity index (χ1) is 8.91. The molecule has 2 rings (SSSR count). The van der Waals surface area contributed by atoms with Gasteiger partial charge in [-0.3, -0.25) is 0 Å². The zero-order chi connectivity index (χ0) is 14.0. The average Bonchev–Trinajstić information content (AvgIpc) is 2.37. The van der Waals surface area contributed by atoms with Crippen molar-refractivity contribution in [1.82, 2.24) is 0 Å². The third kappa shape index (κ3) is 3.23. The lowest BCUT2D eigenvalue weighted by atomic mass is 9.99. The molecule has 0 spiro atoms. The second-order valence-corrected chi connectivity index (χ2v) is 6.48. The van der Waals surface area contributed by atoms with Crippen LogP contribution in [0.1, 0.15) is 11.1 Å². The normalized spacial score (nSPS) is 11.5. The van der Waals surface area contributed by atoms with Crippen LogP contribution in [-0.2, 0) is 15.4 Å². The van der Waals surface area contributed by atoms with E-state index >= 15 is 0 Å². The summed E-state index contributed by atoms with van der Waals surface area (Å²) in [4.78, 5) is 0.144. The van der Waals surface area contributed by atoms with Gasteiger partial charge in [0.1, 0.15) is 0 Å². The molecule has 0 heterocycles. The highest BCUT2D eigenvalue weighted by Crippen LogP contribution is 2.26. The van der Waals surface area contributed by atoms with Crippen LogP contribution in [0.25, 0.3) is 11.1 Å². The molecule has 100 valence electrons. The highest BCUT2D eigenvalue weighted by atomic mass is 79.9. The van der Waals surface area contributed by atoms with Gasteiger partial charge in [-0.15, -0.1) is 0 Å². The Morgan fingerprint density at radius 1 is 1.16 bits per heavy atom. The number of hydrogen-bond acceptors (Lipinski definition) is 2. The maximum Gasteiger partial charge on any atom is 0.238 e. The summed E-state index contributed by atoms with van der Waals surface area (Å²) < 4.78 is 22.6. The zero-order valence-corrected chi connectivity index (χ0v) is 12.8. The Morgan fingerprint density at radius 3 is 2.47 bits per heavy atom. The van der Waals surface area contributed by atoms with Crippen molar-refractivity contribution in [2.45, 2.75) is 17.1 Å². The summed E-state index contributed by atoms with van der Waals surface area (Å²) in [5.74, 6) is 0. The lowest BCUT2D eigenvalue weighted by Crippen LogP contribution is -2.12. The number of hydrogen-bond donors (Lipinski definition) is 1. The van der Waals surface area contributed by atoms with E-state index in [2.05, 4.69) is 22.0 Å². The number of alkyl halides is 1. The predicted octanol–water partition coefficient (Wildman–Crippen LogP) is 3.20. The molecule has 19 heavy (non-hydrogen) atoms. The molecular formula is C14H14BrNO2S. The van der Waals surface area contributed by atoms with Crippen molar-refractivity contribution in [2.24, 2.45) is 5.14 Å². The molecule has 2 aromatic rings. The molecule has 0 fully saturated rings. The number of benzene rings is 2. The van der Waals surface area contributed by atoms with Crippen molar-refractivity contribution in [3.05, 3.63) is 53.6 Å². The van der Waals surface area contributed by atoms with Gasteiger partial charge in [0, 0.05) is 5.33 Å². The number of sulfonamides is 1. The molecule has 0 atom stereocenters. The van der Waals surface area contributed by atoms with E-state index in [9.17, 15) is 8.42 Å². The fraction of sp³-hybridized carbons (Fsp3) is 0.143. The van der Waals surface area contributed by atoms with E-state index in [-0.39, 0.29) is 4.90 Å². The van der Waals surface area contributed by atoms with Crippen molar-refractivity contribution >= 4 is 26.0 Å². The van der Waals surface area contributed by atoms with E-state index < -0.39 is 10.0 Å². The summed E-state index contributed by atoms with van der Waals surface area (Å²) in [6.45, 7) is 1.88. The minimum atomic E-state index is -3.64. The molecule has 0 aliphatic rings. The minimum absolute atomic E-state index is 0.144. The molecular weight excluding hydrogens is 326 g/mol. The van der Waals surface area contributed by atoms with Gasteiger partial charge in [-0.05, 0) is 41.3 Å². The predicted molar refractivity (Wildman–Crippen MR) is 80.6 cm³/mol. The SMILES string of the molecule is Cc1cc(S(N)(=O)=O)ccc1-c1cccc(CBr)c1. The van der Waals surface area contributed by atoms with Crippen LogP contribution in [0.2, 0.25) is 0 Å². The maximum atomic E-state index is 11.3. The van der Waals surface area contributed by atoms with E-state index in [0.717, 1.165) is 22.0 Å². The number of halogens is 1. The van der Waals surface area contributed by atoms with Crippen LogP contribution in [0.4, 0.5) is 0 Å². The van der Waals surface area contributed by atoms with Gasteiger partial charge in [0.15, 0.2) is 0 Å². The summed E-state index contributed by atoms with van der Waals surface area (Å²) >= 11 is 3.42. The van der Waals surface area contributed by atoms with E-state index in [1.807, 2.05) is 25.1 Å². The highest BCUT2D eigenvalue weighted by Gasteiger charge is 2.10. The monoisotopic (exact) mass is 339 g/mol. The molecule has 5 heteroatoms. The fourth-order valence-corrected chi connectivity index (χ4v) is 2.91. The van der Waals surface area contributed by atoms with Gasteiger partial charge in [-0.2, -0.15) is 0 Å². The molecule has 0 aliphatic carbocycles. The highest BCUT2D eigenvalue weighted by molar-refractivity contribution is 9.08. The summed E-state index contributed by atoms with van der Waals surface area (Å²) in [7, 11) is -3.64. The van der Waals surface area contributed by atoms with Gasteiger partial charge in [-0.25, -0.2) is 13.6 Å². The molecule has 0 radical (unpaired) electrons. The molecule has 0 aromatic heterocycles. The number of primary sulfonamides is 1. The molecule has 3 nitrogen and oxygen atoms in total. The molecule has 0 saturated heterocycles. The zero-order valence-electron chi connectivity index (χ0n) is 10.4. The van der Waals surface area contributed by atoms with Crippen LogP contribution in [0, 0.1) is 6.92 Å². The number of nitrogens with two attached hydrogens (primary N) is 1. The number of rotatable bonds is 3. The largest absolute Gasteiger partial charge is 0.238 e. The summed E-state index contributed by atoms with van der Waals surface area (Å²) in [5.41, 5.74) is 4.14. The Hall–Kier alpha value is -1.17. The van der Waals surface area contributed by atoms with E-state index in [1.54, 1.807) is 18.2 Å². The van der Waals surface area contributed by atoms with Crippen LogP contribution in [0.15, 0.2) is 47.4 Å². The molecule has 0 saturated carbocycles. The van der Waals surface area contributed by atoms with Gasteiger partial charge in [0.05, 0.1) is 4.90 Å². The number of aryl methyl sites for hydroxylation is 1. The summed E-state index contributed by atoms with van der Waals surface area (Å²) in [6.07, 6.45) is 0. The van der Waals surface area contributed by atoms with Crippen LogP contribution in [-0.4, -0.2) is 8.42 Å². The van der Waals surface area contributed by atoms with E-state index in [1.165, 1.54) is 5.56 Å². The summed E-state index contributed by atoms with van der Waals surface area (Å²) in [6, 6.07) is 13.0. The smallest absolute Gasteiger partial charge is 0.225 e. The standard InChI is InChI=1S/C14H14BrNO2S/c1-10-7-13(19(16,17)18)5-6-14(10)12-4-2-3-11(8-12)9-15/h2-8H,9H2,1H3,(H2,16,17,18). The van der Waals surface area contributed by atoms with Crippen molar-refractivity contribution in [2.75, 3.05) is 0 Å². The van der Waals surface area contributed by atoms with Crippen LogP contribution in [0.5, 0.6) is 0 Å². The first-order valence-corrected chi connectivity index (χ1v) is 8.37. The van der Waals surface area contributed by atoms with E-state index in [4.69, 9.17) is 5.14 Å². The van der Waals surface area contributed by atoms with Crippen LogP contribution in [0.3, 0.4) is 0 Å². The third-order valence-corrected chi connectivity index (χ3v) is 4.48. The molecule has 2 aromatic carbocycles. The van der Waals surface area contributed by atoms with Crippen LogP contribution >= 0.6 is 15.9 Å². The molecule has 2 N–H and O–H groups in total. The Kier molecular flexibility index (Phi) is 4.08. The minimum Gasteiger partial charge on any atom is -0.225 e.